The van der Waals surface area contributed by atoms with E-state index in [0.717, 1.165) is 11.9 Å². The second-order valence-electron chi connectivity index (χ2n) is 2.15. The van der Waals surface area contributed by atoms with E-state index >= 15 is 0 Å². The number of hydrogen-bond donors (Lipinski definition) is 1. The van der Waals surface area contributed by atoms with E-state index in [1.54, 1.807) is 7.05 Å². The smallest absolute Gasteiger partial charge is 0.0800 e. The predicted molar refractivity (Wildman–Crippen MR) is 40.5 cm³/mol. The molecular weight excluding hydrogens is 134 g/mol. The average Bonchev–Trinajstić information content (AvgIpc) is 2.34. The molecule has 0 spiro atoms. The van der Waals surface area contributed by atoms with Crippen molar-refractivity contribution in [2.45, 2.75) is 18.1 Å². The number of thioether (sulfide) groups is 1. The summed E-state index contributed by atoms with van der Waals surface area (Å²) in [5.74, 6) is 1.32. The van der Waals surface area contributed by atoms with Crippen molar-refractivity contribution in [2.75, 3.05) is 19.4 Å². The Kier molecular flexibility index (Phi) is 3.40. The molecule has 2 nitrogen and oxygen atoms in total. The van der Waals surface area contributed by atoms with Crippen LogP contribution < -0.4 is 5.48 Å². The second-order valence-corrected chi connectivity index (χ2v) is 3.56. The largest absolute Gasteiger partial charge is 0.301 e. The highest BCUT2D eigenvalue weighted by molar-refractivity contribution is 8.00. The fourth-order valence-corrected chi connectivity index (χ4v) is 2.12. The van der Waals surface area contributed by atoms with Crippen LogP contribution in [-0.2, 0) is 4.84 Å². The van der Waals surface area contributed by atoms with E-state index in [9.17, 15) is 0 Å². The fourth-order valence-electron chi connectivity index (χ4n) is 0.952. The molecule has 0 aromatic carbocycles. The second kappa shape index (κ2) is 4.14. The normalized spacial score (nSPS) is 27.0. The highest BCUT2D eigenvalue weighted by Crippen LogP contribution is 2.25. The summed E-state index contributed by atoms with van der Waals surface area (Å²) in [7, 11) is 1.81. The summed E-state index contributed by atoms with van der Waals surface area (Å²) in [6.07, 6.45) is 2.69. The molecule has 1 saturated heterocycles. The molecule has 0 amide bonds. The first-order valence-electron chi connectivity index (χ1n) is 3.33. The maximum atomic E-state index is 5.05. The van der Waals surface area contributed by atoms with Crippen LogP contribution in [0.15, 0.2) is 0 Å². The molecule has 0 aromatic rings. The molecule has 1 rings (SSSR count). The summed E-state index contributed by atoms with van der Waals surface area (Å²) in [5, 5.41) is 0.748. The van der Waals surface area contributed by atoms with Gasteiger partial charge >= 0.3 is 0 Å². The minimum Gasteiger partial charge on any atom is -0.301 e. The van der Waals surface area contributed by atoms with Gasteiger partial charge in [-0.05, 0) is 18.6 Å². The quantitative estimate of drug-likeness (QED) is 0.602. The van der Waals surface area contributed by atoms with Crippen molar-refractivity contribution < 1.29 is 4.84 Å². The molecule has 1 heterocycles. The van der Waals surface area contributed by atoms with Gasteiger partial charge in [0.1, 0.15) is 0 Å². The van der Waals surface area contributed by atoms with Crippen molar-refractivity contribution in [2.24, 2.45) is 0 Å². The van der Waals surface area contributed by atoms with E-state index in [0.29, 0.717) is 0 Å². The van der Waals surface area contributed by atoms with Gasteiger partial charge in [0.05, 0.1) is 6.61 Å². The third-order valence-electron chi connectivity index (χ3n) is 1.44. The first-order chi connectivity index (χ1) is 4.43. The standard InChI is InChI=1S/C6H13NOS/c1-7-8-5-6-3-2-4-9-6/h6-7H,2-5H2,1H3. The van der Waals surface area contributed by atoms with E-state index in [1.807, 2.05) is 11.8 Å². The molecule has 0 bridgehead atoms. The fraction of sp³-hybridized carbons (Fsp3) is 1.00. The molecule has 0 radical (unpaired) electrons. The molecular formula is C6H13NOS. The maximum absolute atomic E-state index is 5.05. The maximum Gasteiger partial charge on any atom is 0.0800 e. The lowest BCUT2D eigenvalue weighted by molar-refractivity contribution is 0.0588. The highest BCUT2D eigenvalue weighted by atomic mass is 32.2. The summed E-state index contributed by atoms with van der Waals surface area (Å²) in [4.78, 5) is 5.05. The summed E-state index contributed by atoms with van der Waals surface area (Å²) < 4.78 is 0. The van der Waals surface area contributed by atoms with Crippen LogP contribution in [0.2, 0.25) is 0 Å². The Bertz CT molecular complexity index is 73.5. The van der Waals surface area contributed by atoms with Crippen LogP contribution in [0.25, 0.3) is 0 Å². The van der Waals surface area contributed by atoms with Crippen LogP contribution in [0.1, 0.15) is 12.8 Å². The first kappa shape index (κ1) is 7.38. The molecule has 1 aliphatic rings. The number of nitrogens with one attached hydrogen (secondary N) is 1. The van der Waals surface area contributed by atoms with Crippen molar-refractivity contribution in [3.05, 3.63) is 0 Å². The Morgan fingerprint density at radius 3 is 3.22 bits per heavy atom. The van der Waals surface area contributed by atoms with Gasteiger partial charge in [0, 0.05) is 12.3 Å². The molecule has 1 unspecified atom stereocenters. The Balaban J connectivity index is 1.98. The van der Waals surface area contributed by atoms with Crippen LogP contribution in [-0.4, -0.2) is 24.7 Å². The molecule has 0 saturated carbocycles. The summed E-state index contributed by atoms with van der Waals surface area (Å²) in [6, 6.07) is 0. The monoisotopic (exact) mass is 147 g/mol. The van der Waals surface area contributed by atoms with Crippen LogP contribution in [0, 0.1) is 0 Å². The highest BCUT2D eigenvalue weighted by Gasteiger charge is 2.14. The van der Waals surface area contributed by atoms with Crippen molar-refractivity contribution >= 4 is 11.8 Å². The lowest BCUT2D eigenvalue weighted by Gasteiger charge is -2.06. The number of hydroxylamine groups is 1. The van der Waals surface area contributed by atoms with Crippen LogP contribution in [0.5, 0.6) is 0 Å². The van der Waals surface area contributed by atoms with Crippen LogP contribution >= 0.6 is 11.8 Å². The number of rotatable bonds is 3. The van der Waals surface area contributed by atoms with Gasteiger partial charge in [-0.3, -0.25) is 0 Å². The van der Waals surface area contributed by atoms with Gasteiger partial charge in [0.2, 0.25) is 0 Å². The Hall–Kier alpha value is 0.270. The minimum absolute atomic E-state index is 0.748. The molecule has 1 atom stereocenters. The Labute approximate surface area is 60.3 Å². The lowest BCUT2D eigenvalue weighted by atomic mass is 10.3. The van der Waals surface area contributed by atoms with Gasteiger partial charge in [-0.25, -0.2) is 5.48 Å². The van der Waals surface area contributed by atoms with Crippen molar-refractivity contribution in [3.63, 3.8) is 0 Å². The lowest BCUT2D eigenvalue weighted by Crippen LogP contribution is -2.15. The van der Waals surface area contributed by atoms with Crippen molar-refractivity contribution in [1.82, 2.24) is 5.48 Å². The van der Waals surface area contributed by atoms with Gasteiger partial charge in [-0.2, -0.15) is 11.8 Å². The van der Waals surface area contributed by atoms with Crippen LogP contribution in [0.3, 0.4) is 0 Å². The first-order valence-corrected chi connectivity index (χ1v) is 4.38. The molecule has 0 aromatic heterocycles. The van der Waals surface area contributed by atoms with Crippen molar-refractivity contribution in [3.8, 4) is 0 Å². The van der Waals surface area contributed by atoms with Gasteiger partial charge in [-0.15, -0.1) is 0 Å². The van der Waals surface area contributed by atoms with E-state index in [4.69, 9.17) is 4.84 Å². The summed E-state index contributed by atoms with van der Waals surface area (Å²) in [6.45, 7) is 0.862. The third kappa shape index (κ3) is 2.56. The molecule has 1 aliphatic heterocycles. The van der Waals surface area contributed by atoms with E-state index < -0.39 is 0 Å². The molecule has 1 fully saturated rings. The molecule has 1 N–H and O–H groups in total. The summed E-state index contributed by atoms with van der Waals surface area (Å²) >= 11 is 2.02. The molecule has 9 heavy (non-hydrogen) atoms. The van der Waals surface area contributed by atoms with Gasteiger partial charge in [0.15, 0.2) is 0 Å². The van der Waals surface area contributed by atoms with E-state index in [2.05, 4.69) is 5.48 Å². The molecule has 3 heteroatoms. The average molecular weight is 147 g/mol. The van der Waals surface area contributed by atoms with Crippen molar-refractivity contribution in [1.29, 1.82) is 0 Å². The topological polar surface area (TPSA) is 21.3 Å². The predicted octanol–water partition coefficient (Wildman–Crippen LogP) is 1.03. The minimum atomic E-state index is 0.748. The third-order valence-corrected chi connectivity index (χ3v) is 2.81. The number of hydrogen-bond acceptors (Lipinski definition) is 3. The van der Waals surface area contributed by atoms with Gasteiger partial charge in [-0.1, -0.05) is 0 Å². The zero-order valence-electron chi connectivity index (χ0n) is 5.72. The zero-order chi connectivity index (χ0) is 6.53. The Morgan fingerprint density at radius 1 is 1.78 bits per heavy atom. The van der Waals surface area contributed by atoms with Crippen LogP contribution in [0.4, 0.5) is 0 Å². The van der Waals surface area contributed by atoms with E-state index in [-0.39, 0.29) is 0 Å². The summed E-state index contributed by atoms with van der Waals surface area (Å²) in [5.41, 5.74) is 2.68. The van der Waals surface area contributed by atoms with Gasteiger partial charge < -0.3 is 4.84 Å². The van der Waals surface area contributed by atoms with Gasteiger partial charge in [0.25, 0.3) is 0 Å². The SMILES string of the molecule is CNOCC1CCCS1. The molecule has 0 aliphatic carbocycles. The zero-order valence-corrected chi connectivity index (χ0v) is 6.54. The van der Waals surface area contributed by atoms with E-state index in [1.165, 1.54) is 18.6 Å². The molecule has 54 valence electrons. The Morgan fingerprint density at radius 2 is 2.67 bits per heavy atom.